The zero-order valence-electron chi connectivity index (χ0n) is 13.8. The van der Waals surface area contributed by atoms with Crippen molar-refractivity contribution >= 4 is 28.9 Å². The van der Waals surface area contributed by atoms with E-state index >= 15 is 0 Å². The molecule has 3 N–H and O–H groups in total. The first-order chi connectivity index (χ1) is 12.2. The fraction of sp³-hybridized carbons (Fsp3) is 0.312. The predicted molar refractivity (Wildman–Crippen MR) is 91.5 cm³/mol. The lowest BCUT2D eigenvalue weighted by Gasteiger charge is -2.47. The minimum atomic E-state index is -2.57. The maximum absolute atomic E-state index is 12.3. The molecule has 1 saturated heterocycles. The fourth-order valence-electron chi connectivity index (χ4n) is 2.56. The van der Waals surface area contributed by atoms with Gasteiger partial charge in [0, 0.05) is 0 Å². The van der Waals surface area contributed by atoms with E-state index in [-0.39, 0.29) is 5.57 Å². The number of nitrogens with one attached hydrogen (secondary N) is 1. The van der Waals surface area contributed by atoms with Gasteiger partial charge in [-0.2, -0.15) is 0 Å². The van der Waals surface area contributed by atoms with Crippen LogP contribution in [0.3, 0.4) is 0 Å². The Hall–Kier alpha value is -2.72. The molecule has 0 bridgehead atoms. The Morgan fingerprint density at radius 2 is 2.00 bits per heavy atom. The number of rotatable bonds is 8. The number of carboxylic acids is 1. The van der Waals surface area contributed by atoms with Crippen molar-refractivity contribution < 1.29 is 33.0 Å². The Morgan fingerprint density at radius 3 is 2.50 bits per heavy atom. The normalized spacial score (nSPS) is 21.3. The summed E-state index contributed by atoms with van der Waals surface area (Å²) in [4.78, 5) is 36.3. The van der Waals surface area contributed by atoms with Gasteiger partial charge in [-0.1, -0.05) is 24.8 Å². The molecule has 26 heavy (non-hydrogen) atoms. The SMILES string of the molecule is C=C(C)C(C(=O)O)N1C(=O)C(NC(=O)COc2ccccc2)C1S(=O)O. The number of carbonyl (C=O) groups is 3. The lowest BCUT2D eigenvalue weighted by molar-refractivity contribution is -0.160. The largest absolute Gasteiger partial charge is 0.484 e. The number of hydrogen-bond donors (Lipinski definition) is 3. The molecule has 4 atom stereocenters. The Bertz CT molecular complexity index is 738. The van der Waals surface area contributed by atoms with Gasteiger partial charge in [-0.15, -0.1) is 0 Å². The molecule has 1 aromatic carbocycles. The van der Waals surface area contributed by atoms with E-state index in [9.17, 15) is 28.3 Å². The molecule has 10 heteroatoms. The van der Waals surface area contributed by atoms with Gasteiger partial charge in [0.15, 0.2) is 29.1 Å². The highest BCUT2D eigenvalue weighted by atomic mass is 32.2. The van der Waals surface area contributed by atoms with Gasteiger partial charge in [0.25, 0.3) is 11.8 Å². The number of likely N-dealkylation sites (tertiary alicyclic amines) is 1. The first-order valence-corrected chi connectivity index (χ1v) is 8.68. The standard InChI is InChI=1S/C16H18N2O7S/c1-9(2)13(16(21)22)18-14(20)12(15(18)26(23)24)17-11(19)8-25-10-6-4-3-5-7-10/h3-7,12-13,15H,1,8H2,2H3,(H,17,19)(H,21,22)(H,23,24). The number of β-lactam (4-membered cyclic amide) rings is 1. The van der Waals surface area contributed by atoms with Crippen molar-refractivity contribution in [2.45, 2.75) is 24.4 Å². The lowest BCUT2D eigenvalue weighted by Crippen LogP contribution is -2.75. The van der Waals surface area contributed by atoms with E-state index < -0.39 is 52.9 Å². The average molecular weight is 382 g/mol. The Morgan fingerprint density at radius 1 is 1.38 bits per heavy atom. The number of aliphatic carboxylic acids is 1. The number of ether oxygens (including phenoxy) is 1. The first kappa shape index (κ1) is 19.6. The minimum absolute atomic E-state index is 0.124. The molecular weight excluding hydrogens is 364 g/mol. The average Bonchev–Trinajstić information content (AvgIpc) is 2.58. The number of carboxylic acid groups (broad SMARTS) is 1. The van der Waals surface area contributed by atoms with Crippen molar-refractivity contribution in [3.05, 3.63) is 42.5 Å². The van der Waals surface area contributed by atoms with Gasteiger partial charge in [0.1, 0.15) is 11.8 Å². The molecule has 1 fully saturated rings. The molecule has 9 nitrogen and oxygen atoms in total. The van der Waals surface area contributed by atoms with Crippen LogP contribution in [0, 0.1) is 0 Å². The van der Waals surface area contributed by atoms with E-state index in [2.05, 4.69) is 11.9 Å². The fourth-order valence-corrected chi connectivity index (χ4v) is 3.39. The summed E-state index contributed by atoms with van der Waals surface area (Å²) in [5, 5.41) is 10.1. The zero-order chi connectivity index (χ0) is 19.4. The third-order valence-electron chi connectivity index (χ3n) is 3.69. The molecule has 0 aromatic heterocycles. The second-order valence-electron chi connectivity index (χ2n) is 5.65. The number of carbonyl (C=O) groups excluding carboxylic acids is 2. The van der Waals surface area contributed by atoms with Gasteiger partial charge in [0.2, 0.25) is 0 Å². The van der Waals surface area contributed by atoms with Crippen molar-refractivity contribution in [2.75, 3.05) is 6.61 Å². The highest BCUT2D eigenvalue weighted by Gasteiger charge is 2.56. The number of hydrogen-bond acceptors (Lipinski definition) is 5. The van der Waals surface area contributed by atoms with Crippen LogP contribution in [-0.2, 0) is 25.5 Å². The quantitative estimate of drug-likeness (QED) is 0.327. The molecule has 0 aliphatic carbocycles. The molecule has 4 unspecified atom stereocenters. The molecule has 140 valence electrons. The van der Waals surface area contributed by atoms with Crippen LogP contribution in [0.2, 0.25) is 0 Å². The van der Waals surface area contributed by atoms with Gasteiger partial charge in [-0.25, -0.2) is 9.00 Å². The molecule has 0 radical (unpaired) electrons. The Labute approximate surface area is 151 Å². The summed E-state index contributed by atoms with van der Waals surface area (Å²) in [6.45, 7) is 4.48. The van der Waals surface area contributed by atoms with Crippen molar-refractivity contribution in [1.82, 2.24) is 10.2 Å². The highest BCUT2D eigenvalue weighted by molar-refractivity contribution is 7.80. The van der Waals surface area contributed by atoms with Crippen molar-refractivity contribution in [1.29, 1.82) is 0 Å². The van der Waals surface area contributed by atoms with Crippen LogP contribution in [0.15, 0.2) is 42.5 Å². The second-order valence-corrected chi connectivity index (χ2v) is 6.68. The summed E-state index contributed by atoms with van der Waals surface area (Å²) in [6.07, 6.45) is 0. The van der Waals surface area contributed by atoms with Gasteiger partial charge in [-0.05, 0) is 24.6 Å². The van der Waals surface area contributed by atoms with Crippen LogP contribution in [-0.4, -0.2) is 60.6 Å². The number of para-hydroxylation sites is 1. The monoisotopic (exact) mass is 382 g/mol. The number of benzene rings is 1. The molecule has 1 aliphatic rings. The topological polar surface area (TPSA) is 133 Å². The van der Waals surface area contributed by atoms with E-state index in [4.69, 9.17) is 4.74 Å². The van der Waals surface area contributed by atoms with Gasteiger partial charge in [-0.3, -0.25) is 9.59 Å². The third-order valence-corrected chi connectivity index (χ3v) is 4.61. The maximum Gasteiger partial charge on any atom is 0.330 e. The molecule has 1 heterocycles. The van der Waals surface area contributed by atoms with E-state index in [0.29, 0.717) is 5.75 Å². The van der Waals surface area contributed by atoms with E-state index in [0.717, 1.165) is 4.90 Å². The van der Waals surface area contributed by atoms with E-state index in [1.807, 2.05) is 0 Å². The lowest BCUT2D eigenvalue weighted by atomic mass is 9.99. The Kier molecular flexibility index (Phi) is 6.11. The summed E-state index contributed by atoms with van der Waals surface area (Å²) in [7, 11) is 0. The third kappa shape index (κ3) is 4.09. The van der Waals surface area contributed by atoms with Crippen LogP contribution in [0.25, 0.3) is 0 Å². The van der Waals surface area contributed by atoms with Crippen molar-refractivity contribution in [3.63, 3.8) is 0 Å². The highest BCUT2D eigenvalue weighted by Crippen LogP contribution is 2.28. The summed E-state index contributed by atoms with van der Waals surface area (Å²) in [5.74, 6) is -2.39. The van der Waals surface area contributed by atoms with Crippen LogP contribution in [0.4, 0.5) is 0 Å². The number of amides is 2. The smallest absolute Gasteiger partial charge is 0.330 e. The van der Waals surface area contributed by atoms with Crippen molar-refractivity contribution in [2.24, 2.45) is 0 Å². The zero-order valence-corrected chi connectivity index (χ0v) is 14.6. The summed E-state index contributed by atoms with van der Waals surface area (Å²) in [6, 6.07) is 5.73. The van der Waals surface area contributed by atoms with Crippen LogP contribution >= 0.6 is 0 Å². The van der Waals surface area contributed by atoms with Crippen LogP contribution in [0.1, 0.15) is 6.92 Å². The molecule has 2 rings (SSSR count). The molecule has 0 spiro atoms. The second kappa shape index (κ2) is 8.11. The first-order valence-electron chi connectivity index (χ1n) is 7.51. The summed E-state index contributed by atoms with van der Waals surface area (Å²) in [5.41, 5.74) is 0.124. The number of nitrogens with zero attached hydrogens (tertiary/aromatic N) is 1. The van der Waals surface area contributed by atoms with Gasteiger partial charge in [0.05, 0.1) is 0 Å². The minimum Gasteiger partial charge on any atom is -0.484 e. The van der Waals surface area contributed by atoms with Crippen LogP contribution < -0.4 is 10.1 Å². The van der Waals surface area contributed by atoms with E-state index in [1.165, 1.54) is 6.92 Å². The van der Waals surface area contributed by atoms with Gasteiger partial charge >= 0.3 is 5.97 Å². The Balaban J connectivity index is 2.04. The molecule has 1 aromatic rings. The molecular formula is C16H18N2O7S. The predicted octanol–water partition coefficient (Wildman–Crippen LogP) is -0.0305. The molecule has 1 aliphatic heterocycles. The van der Waals surface area contributed by atoms with Gasteiger partial charge < -0.3 is 24.6 Å². The van der Waals surface area contributed by atoms with Crippen molar-refractivity contribution in [3.8, 4) is 5.75 Å². The maximum atomic E-state index is 12.3. The molecule has 2 amide bonds. The molecule has 0 saturated carbocycles. The summed E-state index contributed by atoms with van der Waals surface area (Å²) >= 11 is -2.57. The van der Waals surface area contributed by atoms with Crippen LogP contribution in [0.5, 0.6) is 5.75 Å². The summed E-state index contributed by atoms with van der Waals surface area (Å²) < 4.78 is 26.2. The van der Waals surface area contributed by atoms with E-state index in [1.54, 1.807) is 30.3 Å².